The first kappa shape index (κ1) is 23.9. The highest BCUT2D eigenvalue weighted by atomic mass is 32.1. The van der Waals surface area contributed by atoms with E-state index in [1.807, 2.05) is 6.92 Å². The topological polar surface area (TPSA) is 94.8 Å². The van der Waals surface area contributed by atoms with Crippen molar-refractivity contribution in [3.63, 3.8) is 0 Å². The van der Waals surface area contributed by atoms with Crippen molar-refractivity contribution in [2.75, 3.05) is 52.0 Å². The molecule has 31 heavy (non-hydrogen) atoms. The van der Waals surface area contributed by atoms with E-state index in [0.717, 1.165) is 51.0 Å². The normalized spacial score (nSPS) is 23.3. The lowest BCUT2D eigenvalue weighted by atomic mass is 9.75. The third-order valence-electron chi connectivity index (χ3n) is 6.79. The Morgan fingerprint density at radius 2 is 1.97 bits per heavy atom. The molecule has 1 saturated heterocycles. The molecule has 0 aromatic carbocycles. The summed E-state index contributed by atoms with van der Waals surface area (Å²) < 4.78 is 0. The van der Waals surface area contributed by atoms with Gasteiger partial charge in [-0.2, -0.15) is 0 Å². The summed E-state index contributed by atoms with van der Waals surface area (Å²) in [6.07, 6.45) is 3.42. The summed E-state index contributed by atoms with van der Waals surface area (Å²) in [7, 11) is 2.10. The van der Waals surface area contributed by atoms with Crippen LogP contribution in [0.5, 0.6) is 0 Å². The zero-order valence-corrected chi connectivity index (χ0v) is 20.2. The van der Waals surface area contributed by atoms with Gasteiger partial charge in [-0.1, -0.05) is 13.8 Å². The highest BCUT2D eigenvalue weighted by molar-refractivity contribution is 7.15. The number of fused-ring (bicyclic) bond motifs is 2. The van der Waals surface area contributed by atoms with Crippen LogP contribution in [0, 0.1) is 11.8 Å². The zero-order valence-electron chi connectivity index (χ0n) is 19.4. The Labute approximate surface area is 190 Å². The van der Waals surface area contributed by atoms with Crippen LogP contribution in [0.3, 0.4) is 0 Å². The maximum absolute atomic E-state index is 13.5. The highest BCUT2D eigenvalue weighted by Crippen LogP contribution is 2.39. The fraction of sp³-hybridized carbons (Fsp3) is 0.773. The average molecular weight is 451 g/mol. The van der Waals surface area contributed by atoms with Crippen LogP contribution < -0.4 is 11.1 Å². The summed E-state index contributed by atoms with van der Waals surface area (Å²) in [5.41, 5.74) is 7.03. The largest absolute Gasteiger partial charge is 0.375 e. The van der Waals surface area contributed by atoms with Crippen molar-refractivity contribution in [3.8, 4) is 0 Å². The third-order valence-corrected chi connectivity index (χ3v) is 7.74. The number of urea groups is 1. The molecule has 0 bridgehead atoms. The van der Waals surface area contributed by atoms with Gasteiger partial charge in [-0.25, -0.2) is 9.78 Å². The lowest BCUT2D eigenvalue weighted by molar-refractivity contribution is -0.136. The van der Waals surface area contributed by atoms with E-state index >= 15 is 0 Å². The Hall–Kier alpha value is -1.71. The van der Waals surface area contributed by atoms with E-state index in [1.165, 1.54) is 9.78 Å². The Morgan fingerprint density at radius 3 is 2.65 bits per heavy atom. The molecule has 3 rings (SSSR count). The number of rotatable bonds is 8. The number of hydrogen-bond acceptors (Lipinski definition) is 7. The molecule has 0 saturated carbocycles. The van der Waals surface area contributed by atoms with Gasteiger partial charge in [-0.05, 0) is 65.2 Å². The maximum Gasteiger partial charge on any atom is 0.324 e. The molecule has 0 unspecified atom stereocenters. The summed E-state index contributed by atoms with van der Waals surface area (Å²) in [4.78, 5) is 38.1. The Kier molecular flexibility index (Phi) is 8.30. The number of anilines is 1. The van der Waals surface area contributed by atoms with E-state index in [9.17, 15) is 9.59 Å². The number of piperidine rings is 1. The number of likely N-dealkylation sites (N-methyl/N-ethyl adjacent to an activating group) is 1. The molecule has 3 N–H and O–H groups in total. The van der Waals surface area contributed by atoms with Gasteiger partial charge in [0.1, 0.15) is 0 Å². The summed E-state index contributed by atoms with van der Waals surface area (Å²) in [5.74, 6) is 0.160. The molecule has 3 amide bonds. The molecule has 1 fully saturated rings. The number of aromatic nitrogens is 1. The van der Waals surface area contributed by atoms with Crippen molar-refractivity contribution in [1.82, 2.24) is 25.0 Å². The summed E-state index contributed by atoms with van der Waals surface area (Å²) in [6, 6.07) is 0.145. The fourth-order valence-corrected chi connectivity index (χ4v) is 6.00. The number of hydrogen-bond donors (Lipinski definition) is 2. The molecule has 1 aliphatic heterocycles. The van der Waals surface area contributed by atoms with Gasteiger partial charge in [0.25, 0.3) is 0 Å². The van der Waals surface area contributed by atoms with E-state index < -0.39 is 0 Å². The number of nitrogen functional groups attached to an aromatic ring is 1. The van der Waals surface area contributed by atoms with Crippen LogP contribution >= 0.6 is 11.3 Å². The number of imide groups is 1. The molecule has 9 heteroatoms. The molecule has 2 heterocycles. The first-order valence-electron chi connectivity index (χ1n) is 11.6. The SMILES string of the molecule is CCNC(=O)N(CCCN(CC)CC)C(=O)[C@@H]1C[C@@H]2Cc3nc(N)sc3C[C@H]2N(C)C1. The van der Waals surface area contributed by atoms with Gasteiger partial charge in [0.2, 0.25) is 5.91 Å². The van der Waals surface area contributed by atoms with Crippen molar-refractivity contribution in [3.05, 3.63) is 10.6 Å². The molecular formula is C22H38N6O2S. The number of thiazole rings is 1. The van der Waals surface area contributed by atoms with Crippen LogP contribution in [0.2, 0.25) is 0 Å². The fourth-order valence-electron chi connectivity index (χ4n) is 5.09. The van der Waals surface area contributed by atoms with Crippen LogP contribution in [0.4, 0.5) is 9.93 Å². The summed E-state index contributed by atoms with van der Waals surface area (Å²) in [6.45, 7) is 10.7. The van der Waals surface area contributed by atoms with Gasteiger partial charge in [0, 0.05) is 30.6 Å². The van der Waals surface area contributed by atoms with Crippen LogP contribution in [-0.2, 0) is 17.6 Å². The Morgan fingerprint density at radius 1 is 1.23 bits per heavy atom. The standard InChI is InChI=1S/C22H38N6O2S/c1-5-24-22(30)28(10-8-9-27(6-2)7-3)20(29)16-11-15-12-17-19(31-21(23)25-17)13-18(15)26(4)14-16/h15-16,18H,5-14H2,1-4H3,(H2,23,25)(H,24,30)/t15-,16-,18-/m1/s1. The molecule has 174 valence electrons. The Bertz CT molecular complexity index is 765. The number of carbonyl (C=O) groups excluding carboxylic acids is 2. The predicted molar refractivity (Wildman–Crippen MR) is 125 cm³/mol. The van der Waals surface area contributed by atoms with Gasteiger partial charge < -0.3 is 20.9 Å². The minimum absolute atomic E-state index is 0.0422. The van der Waals surface area contributed by atoms with E-state index in [-0.39, 0.29) is 17.9 Å². The molecule has 0 spiro atoms. The minimum atomic E-state index is -0.268. The highest BCUT2D eigenvalue weighted by Gasteiger charge is 2.42. The van der Waals surface area contributed by atoms with Crippen molar-refractivity contribution >= 4 is 28.4 Å². The van der Waals surface area contributed by atoms with Crippen LogP contribution in [0.1, 0.15) is 44.2 Å². The second-order valence-electron chi connectivity index (χ2n) is 8.74. The van der Waals surface area contributed by atoms with Crippen LogP contribution in [0.15, 0.2) is 0 Å². The van der Waals surface area contributed by atoms with Crippen molar-refractivity contribution < 1.29 is 9.59 Å². The molecule has 2 aliphatic rings. The smallest absolute Gasteiger partial charge is 0.324 e. The zero-order chi connectivity index (χ0) is 22.5. The molecule has 1 aromatic heterocycles. The van der Waals surface area contributed by atoms with Crippen molar-refractivity contribution in [1.29, 1.82) is 0 Å². The third kappa shape index (κ3) is 5.56. The second-order valence-corrected chi connectivity index (χ2v) is 9.85. The quantitative estimate of drug-likeness (QED) is 0.629. The lowest BCUT2D eigenvalue weighted by Crippen LogP contribution is -2.55. The number of likely N-dealkylation sites (tertiary alicyclic amines) is 1. The predicted octanol–water partition coefficient (Wildman–Crippen LogP) is 2.05. The monoisotopic (exact) mass is 450 g/mol. The number of nitrogens with zero attached hydrogens (tertiary/aromatic N) is 4. The second kappa shape index (κ2) is 10.7. The average Bonchev–Trinajstić information content (AvgIpc) is 3.11. The first-order chi connectivity index (χ1) is 14.9. The molecule has 3 atom stereocenters. The maximum atomic E-state index is 13.5. The molecule has 0 radical (unpaired) electrons. The Balaban J connectivity index is 1.68. The summed E-state index contributed by atoms with van der Waals surface area (Å²) >= 11 is 1.59. The van der Waals surface area contributed by atoms with E-state index in [2.05, 4.69) is 41.0 Å². The van der Waals surface area contributed by atoms with Gasteiger partial charge >= 0.3 is 6.03 Å². The first-order valence-corrected chi connectivity index (χ1v) is 12.4. The van der Waals surface area contributed by atoms with Crippen molar-refractivity contribution in [2.24, 2.45) is 11.8 Å². The van der Waals surface area contributed by atoms with Crippen molar-refractivity contribution in [2.45, 2.75) is 52.5 Å². The minimum Gasteiger partial charge on any atom is -0.375 e. The lowest BCUT2D eigenvalue weighted by Gasteiger charge is -2.45. The van der Waals surface area contributed by atoms with E-state index in [4.69, 9.17) is 5.73 Å². The molecule has 1 aromatic rings. The number of nitrogens with two attached hydrogens (primary N) is 1. The van der Waals surface area contributed by atoms with Gasteiger partial charge in [-0.3, -0.25) is 9.69 Å². The van der Waals surface area contributed by atoms with E-state index in [0.29, 0.717) is 36.7 Å². The summed E-state index contributed by atoms with van der Waals surface area (Å²) in [5, 5.41) is 3.47. The van der Waals surface area contributed by atoms with Crippen LogP contribution in [0.25, 0.3) is 0 Å². The van der Waals surface area contributed by atoms with Crippen LogP contribution in [-0.4, -0.2) is 84.0 Å². The number of nitrogens with one attached hydrogen (secondary N) is 1. The van der Waals surface area contributed by atoms with Gasteiger partial charge in [0.15, 0.2) is 5.13 Å². The molecule has 1 aliphatic carbocycles. The van der Waals surface area contributed by atoms with Gasteiger partial charge in [-0.15, -0.1) is 11.3 Å². The molecular weight excluding hydrogens is 412 g/mol. The number of amides is 3. The van der Waals surface area contributed by atoms with E-state index in [1.54, 1.807) is 11.3 Å². The number of carbonyl (C=O) groups is 2. The van der Waals surface area contributed by atoms with Gasteiger partial charge in [0.05, 0.1) is 11.6 Å². The molecule has 8 nitrogen and oxygen atoms in total.